The molecule has 1 aromatic carbocycles. The summed E-state index contributed by atoms with van der Waals surface area (Å²) >= 11 is 11.6. The van der Waals surface area contributed by atoms with Crippen molar-refractivity contribution in [3.05, 3.63) is 40.0 Å². The molecule has 0 aliphatic carbocycles. The number of nitrogens with one attached hydrogen (secondary N) is 1. The van der Waals surface area contributed by atoms with Gasteiger partial charge in [-0.1, -0.05) is 23.2 Å². The van der Waals surface area contributed by atoms with Gasteiger partial charge in [-0.15, -0.1) is 0 Å². The number of carbonyl (C=O) groups is 1. The number of rotatable bonds is 2. The molecule has 0 fully saturated rings. The second-order valence-electron chi connectivity index (χ2n) is 3.00. The van der Waals surface area contributed by atoms with Gasteiger partial charge in [-0.3, -0.25) is 4.79 Å². The van der Waals surface area contributed by atoms with Gasteiger partial charge in [0.25, 0.3) is 0 Å². The Labute approximate surface area is 97.9 Å². The number of halogens is 2. The maximum Gasteiger partial charge on any atom is 0.250 e. The van der Waals surface area contributed by atoms with Gasteiger partial charge in [-0.25, -0.2) is 0 Å². The van der Waals surface area contributed by atoms with Crippen LogP contribution in [0.5, 0.6) is 0 Å². The van der Waals surface area contributed by atoms with Gasteiger partial charge in [0.05, 0.1) is 10.7 Å². The molecule has 1 aromatic rings. The van der Waals surface area contributed by atoms with E-state index < -0.39 is 0 Å². The normalized spacial score (nSPS) is 11.3. The fourth-order valence-electron chi connectivity index (χ4n) is 0.969. The van der Waals surface area contributed by atoms with Gasteiger partial charge in [-0.2, -0.15) is 0 Å². The Morgan fingerprint density at radius 3 is 2.73 bits per heavy atom. The first-order chi connectivity index (χ1) is 6.99. The third-order valence-corrected chi connectivity index (χ3v) is 2.11. The molecule has 0 aliphatic heterocycles. The molecule has 0 spiro atoms. The number of anilines is 1. The number of nitrogens with two attached hydrogens (primary N) is 1. The van der Waals surface area contributed by atoms with Gasteiger partial charge < -0.3 is 11.1 Å². The summed E-state index contributed by atoms with van der Waals surface area (Å²) in [6.45, 7) is 1.62. The quantitative estimate of drug-likeness (QED) is 0.787. The summed E-state index contributed by atoms with van der Waals surface area (Å²) in [5.41, 5.74) is 6.24. The largest absolute Gasteiger partial charge is 0.402 e. The van der Waals surface area contributed by atoms with E-state index in [-0.39, 0.29) is 5.91 Å². The van der Waals surface area contributed by atoms with E-state index in [0.29, 0.717) is 21.4 Å². The minimum Gasteiger partial charge on any atom is -0.402 e. The van der Waals surface area contributed by atoms with Crippen LogP contribution in [-0.4, -0.2) is 5.91 Å². The molecular formula is C10H10Cl2N2O. The van der Waals surface area contributed by atoms with Crippen LogP contribution in [0, 0.1) is 0 Å². The van der Waals surface area contributed by atoms with Crippen molar-refractivity contribution in [1.82, 2.24) is 0 Å². The van der Waals surface area contributed by atoms with Crippen LogP contribution >= 0.6 is 23.2 Å². The highest BCUT2D eigenvalue weighted by Crippen LogP contribution is 2.25. The molecular weight excluding hydrogens is 235 g/mol. The van der Waals surface area contributed by atoms with Crippen molar-refractivity contribution in [2.75, 3.05) is 5.32 Å². The molecule has 0 aliphatic rings. The minimum absolute atomic E-state index is 0.334. The molecule has 15 heavy (non-hydrogen) atoms. The molecule has 0 saturated carbocycles. The van der Waals surface area contributed by atoms with E-state index in [2.05, 4.69) is 5.32 Å². The zero-order chi connectivity index (χ0) is 11.4. The van der Waals surface area contributed by atoms with Crippen LogP contribution in [-0.2, 0) is 4.79 Å². The Balaban J connectivity index is 2.85. The van der Waals surface area contributed by atoms with Crippen molar-refractivity contribution >= 4 is 34.8 Å². The Bertz CT molecular complexity index is 412. The zero-order valence-corrected chi connectivity index (χ0v) is 9.56. The molecule has 0 saturated heterocycles. The van der Waals surface area contributed by atoms with Crippen LogP contribution in [0.4, 0.5) is 5.69 Å². The number of hydrogen-bond donors (Lipinski definition) is 2. The Kier molecular flexibility index (Phi) is 4.00. The highest BCUT2D eigenvalue weighted by Gasteiger charge is 2.04. The monoisotopic (exact) mass is 244 g/mol. The molecule has 0 unspecified atom stereocenters. The molecule has 1 rings (SSSR count). The maximum absolute atomic E-state index is 11.3. The molecule has 1 amide bonds. The fraction of sp³-hybridized carbons (Fsp3) is 0.100. The summed E-state index contributed by atoms with van der Waals surface area (Å²) in [7, 11) is 0. The van der Waals surface area contributed by atoms with Crippen molar-refractivity contribution in [2.24, 2.45) is 5.73 Å². The van der Waals surface area contributed by atoms with Crippen LogP contribution in [0.25, 0.3) is 0 Å². The van der Waals surface area contributed by atoms with Crippen molar-refractivity contribution < 1.29 is 4.79 Å². The average Bonchev–Trinajstić information content (AvgIpc) is 2.10. The molecule has 0 aromatic heterocycles. The van der Waals surface area contributed by atoms with Crippen molar-refractivity contribution in [1.29, 1.82) is 0 Å². The second kappa shape index (κ2) is 5.05. The lowest BCUT2D eigenvalue weighted by Gasteiger charge is -2.05. The molecule has 3 N–H and O–H groups in total. The van der Waals surface area contributed by atoms with E-state index in [1.165, 1.54) is 6.08 Å². The Hall–Kier alpha value is -1.19. The van der Waals surface area contributed by atoms with Gasteiger partial charge >= 0.3 is 0 Å². The summed E-state index contributed by atoms with van der Waals surface area (Å²) < 4.78 is 0. The number of benzene rings is 1. The average molecular weight is 245 g/mol. The molecule has 5 heteroatoms. The third kappa shape index (κ3) is 3.81. The lowest BCUT2D eigenvalue weighted by Crippen LogP contribution is -2.10. The van der Waals surface area contributed by atoms with E-state index in [1.807, 2.05) is 0 Å². The van der Waals surface area contributed by atoms with Crippen LogP contribution in [0.1, 0.15) is 6.92 Å². The van der Waals surface area contributed by atoms with Gasteiger partial charge in [0.1, 0.15) is 0 Å². The van der Waals surface area contributed by atoms with E-state index in [9.17, 15) is 4.79 Å². The predicted octanol–water partition coefficient (Wildman–Crippen LogP) is 2.79. The lowest BCUT2D eigenvalue weighted by atomic mass is 10.3. The number of hydrogen-bond acceptors (Lipinski definition) is 2. The minimum atomic E-state index is -0.334. The van der Waals surface area contributed by atoms with Crippen molar-refractivity contribution in [2.45, 2.75) is 6.92 Å². The molecule has 0 heterocycles. The zero-order valence-electron chi connectivity index (χ0n) is 8.05. The van der Waals surface area contributed by atoms with Gasteiger partial charge in [-0.05, 0) is 25.1 Å². The fourth-order valence-corrected chi connectivity index (χ4v) is 1.31. The summed E-state index contributed by atoms with van der Waals surface area (Å²) in [4.78, 5) is 11.3. The molecule has 3 nitrogen and oxygen atoms in total. The SMILES string of the molecule is CC(N)=CC(=O)Nc1cc(Cl)ccc1Cl. The molecule has 0 atom stereocenters. The first-order valence-corrected chi connectivity index (χ1v) is 4.94. The lowest BCUT2D eigenvalue weighted by molar-refractivity contribution is -0.111. The van der Waals surface area contributed by atoms with Crippen LogP contribution in [0.3, 0.4) is 0 Å². The Morgan fingerprint density at radius 2 is 2.13 bits per heavy atom. The third-order valence-electron chi connectivity index (χ3n) is 1.55. The molecule has 0 bridgehead atoms. The van der Waals surface area contributed by atoms with Crippen LogP contribution in [0.2, 0.25) is 10.0 Å². The summed E-state index contributed by atoms with van der Waals surface area (Å²) in [5.74, 6) is -0.334. The van der Waals surface area contributed by atoms with Gasteiger partial charge in [0.15, 0.2) is 0 Å². The highest BCUT2D eigenvalue weighted by atomic mass is 35.5. The first-order valence-electron chi connectivity index (χ1n) is 4.19. The standard InChI is InChI=1S/C10H10Cl2N2O/c1-6(13)4-10(15)14-9-5-7(11)2-3-8(9)12/h2-5H,13H2,1H3,(H,14,15). The number of carbonyl (C=O) groups excluding carboxylic acids is 1. The molecule has 80 valence electrons. The predicted molar refractivity (Wildman–Crippen MR) is 63.0 cm³/mol. The summed E-state index contributed by atoms with van der Waals surface area (Å²) in [6.07, 6.45) is 1.28. The van der Waals surface area contributed by atoms with E-state index in [0.717, 1.165) is 0 Å². The number of allylic oxidation sites excluding steroid dienone is 1. The van der Waals surface area contributed by atoms with Gasteiger partial charge in [0.2, 0.25) is 5.91 Å². The van der Waals surface area contributed by atoms with Crippen LogP contribution < -0.4 is 11.1 Å². The molecule has 0 radical (unpaired) electrons. The topological polar surface area (TPSA) is 55.1 Å². The van der Waals surface area contributed by atoms with E-state index >= 15 is 0 Å². The van der Waals surface area contributed by atoms with Crippen LogP contribution in [0.15, 0.2) is 30.0 Å². The summed E-state index contributed by atoms with van der Waals surface area (Å²) in [6, 6.07) is 4.82. The smallest absolute Gasteiger partial charge is 0.250 e. The second-order valence-corrected chi connectivity index (χ2v) is 3.85. The van der Waals surface area contributed by atoms with Crippen molar-refractivity contribution in [3.8, 4) is 0 Å². The summed E-state index contributed by atoms with van der Waals surface area (Å²) in [5, 5.41) is 3.50. The van der Waals surface area contributed by atoms with Gasteiger partial charge in [0, 0.05) is 16.8 Å². The van der Waals surface area contributed by atoms with Crippen molar-refractivity contribution in [3.63, 3.8) is 0 Å². The van der Waals surface area contributed by atoms with E-state index in [4.69, 9.17) is 28.9 Å². The number of amides is 1. The highest BCUT2D eigenvalue weighted by molar-refractivity contribution is 6.35. The first kappa shape index (κ1) is 11.9. The van der Waals surface area contributed by atoms with E-state index in [1.54, 1.807) is 25.1 Å². The maximum atomic E-state index is 11.3. The Morgan fingerprint density at radius 1 is 1.47 bits per heavy atom.